The zero-order valence-corrected chi connectivity index (χ0v) is 14.8. The molecule has 0 spiro atoms. The van der Waals surface area contributed by atoms with Gasteiger partial charge in [0.05, 0.1) is 12.2 Å². The van der Waals surface area contributed by atoms with Crippen LogP contribution in [0.1, 0.15) is 21.9 Å². The number of hydrogen-bond donors (Lipinski definition) is 1. The predicted octanol–water partition coefficient (Wildman–Crippen LogP) is 3.54. The first kappa shape index (κ1) is 18.0. The number of rotatable bonds is 6. The lowest BCUT2D eigenvalue weighted by atomic mass is 10.2. The maximum Gasteiger partial charge on any atom is 0.291 e. The Morgan fingerprint density at radius 3 is 2.77 bits per heavy atom. The van der Waals surface area contributed by atoms with Crippen LogP contribution in [0.5, 0.6) is 0 Å². The van der Waals surface area contributed by atoms with Gasteiger partial charge in [-0.05, 0) is 29.8 Å². The zero-order valence-electron chi connectivity index (χ0n) is 14.1. The molecule has 134 valence electrons. The number of carbonyl (C=O) groups is 1. The van der Waals surface area contributed by atoms with E-state index >= 15 is 0 Å². The minimum atomic E-state index is -0.407. The van der Waals surface area contributed by atoms with E-state index in [1.165, 1.54) is 10.6 Å². The average molecular weight is 373 g/mol. The number of methoxy groups -OCH3 is 1. The Bertz CT molecular complexity index is 977. The summed E-state index contributed by atoms with van der Waals surface area (Å²) >= 11 is 6.15. The van der Waals surface area contributed by atoms with Crippen molar-refractivity contribution in [2.45, 2.75) is 13.2 Å². The van der Waals surface area contributed by atoms with Crippen molar-refractivity contribution in [3.8, 4) is 0 Å². The highest BCUT2D eigenvalue weighted by Crippen LogP contribution is 2.17. The fraction of sp³-hybridized carbons (Fsp3) is 0.158. The van der Waals surface area contributed by atoms with Gasteiger partial charge in [-0.15, -0.1) is 0 Å². The van der Waals surface area contributed by atoms with Crippen LogP contribution in [0, 0.1) is 0 Å². The van der Waals surface area contributed by atoms with Crippen molar-refractivity contribution in [3.63, 3.8) is 0 Å². The zero-order chi connectivity index (χ0) is 18.5. The number of nitrogens with one attached hydrogen (secondary N) is 1. The number of aromatic nitrogens is 1. The summed E-state index contributed by atoms with van der Waals surface area (Å²) < 4.78 is 11.8. The van der Waals surface area contributed by atoms with Gasteiger partial charge in [-0.2, -0.15) is 0 Å². The number of halogens is 1. The van der Waals surface area contributed by atoms with Gasteiger partial charge in [-0.1, -0.05) is 29.8 Å². The molecular weight excluding hydrogens is 356 g/mol. The number of amides is 1. The molecule has 0 saturated heterocycles. The number of ether oxygens (including phenoxy) is 1. The van der Waals surface area contributed by atoms with E-state index in [1.807, 2.05) is 18.2 Å². The predicted molar refractivity (Wildman–Crippen MR) is 98.6 cm³/mol. The standard InChI is InChI=1S/C19H17ClN2O4/c1-25-12-15-7-8-17(26-15)19(24)21-14-6-9-18(23)22(11-14)10-13-4-2-3-5-16(13)20/h2-9,11H,10,12H2,1H3,(H,21,24). The highest BCUT2D eigenvalue weighted by Gasteiger charge is 2.12. The summed E-state index contributed by atoms with van der Waals surface area (Å²) in [6, 6.07) is 13.5. The van der Waals surface area contributed by atoms with Crippen molar-refractivity contribution in [2.75, 3.05) is 12.4 Å². The largest absolute Gasteiger partial charge is 0.453 e. The van der Waals surface area contributed by atoms with E-state index in [2.05, 4.69) is 5.32 Å². The highest BCUT2D eigenvalue weighted by molar-refractivity contribution is 6.31. The van der Waals surface area contributed by atoms with Crippen molar-refractivity contribution >= 4 is 23.2 Å². The molecule has 2 aromatic heterocycles. The SMILES string of the molecule is COCc1ccc(C(=O)Nc2ccc(=O)n(Cc3ccccc3Cl)c2)o1. The van der Waals surface area contributed by atoms with Gasteiger partial charge in [0.2, 0.25) is 0 Å². The lowest BCUT2D eigenvalue weighted by molar-refractivity contribution is 0.0987. The lowest BCUT2D eigenvalue weighted by Gasteiger charge is -2.10. The molecule has 0 fully saturated rings. The Morgan fingerprint density at radius 2 is 2.00 bits per heavy atom. The molecule has 0 saturated carbocycles. The van der Waals surface area contributed by atoms with Crippen LogP contribution in [0.3, 0.4) is 0 Å². The summed E-state index contributed by atoms with van der Waals surface area (Å²) in [6.07, 6.45) is 1.57. The van der Waals surface area contributed by atoms with E-state index in [-0.39, 0.29) is 17.9 Å². The summed E-state index contributed by atoms with van der Waals surface area (Å²) in [4.78, 5) is 24.4. The Balaban J connectivity index is 1.77. The first-order valence-corrected chi connectivity index (χ1v) is 8.27. The van der Waals surface area contributed by atoms with Gasteiger partial charge in [0.25, 0.3) is 11.5 Å². The Kier molecular flexibility index (Phi) is 5.55. The number of carbonyl (C=O) groups excluding carboxylic acids is 1. The molecule has 1 amide bonds. The molecule has 1 aromatic carbocycles. The van der Waals surface area contributed by atoms with Crippen LogP contribution in [0.25, 0.3) is 0 Å². The fourth-order valence-corrected chi connectivity index (χ4v) is 2.65. The molecule has 7 heteroatoms. The van der Waals surface area contributed by atoms with Crippen molar-refractivity contribution in [3.05, 3.63) is 87.2 Å². The van der Waals surface area contributed by atoms with Gasteiger partial charge in [0.1, 0.15) is 12.4 Å². The van der Waals surface area contributed by atoms with E-state index in [0.717, 1.165) is 5.56 Å². The molecule has 1 N–H and O–H groups in total. The molecule has 0 aliphatic carbocycles. The molecule has 26 heavy (non-hydrogen) atoms. The molecular formula is C19H17ClN2O4. The van der Waals surface area contributed by atoms with Crippen LogP contribution in [0.2, 0.25) is 5.02 Å². The van der Waals surface area contributed by atoms with E-state index in [0.29, 0.717) is 23.0 Å². The Hall–Kier alpha value is -2.83. The van der Waals surface area contributed by atoms with Crippen LogP contribution >= 0.6 is 11.6 Å². The average Bonchev–Trinajstić information content (AvgIpc) is 3.09. The molecule has 2 heterocycles. The second kappa shape index (κ2) is 8.03. The van der Waals surface area contributed by atoms with Crippen molar-refractivity contribution in [1.29, 1.82) is 0 Å². The van der Waals surface area contributed by atoms with Gasteiger partial charge in [0, 0.05) is 24.4 Å². The monoisotopic (exact) mass is 372 g/mol. The summed E-state index contributed by atoms with van der Waals surface area (Å²) in [5.74, 6) is 0.317. The number of benzene rings is 1. The Morgan fingerprint density at radius 1 is 1.19 bits per heavy atom. The smallest absolute Gasteiger partial charge is 0.291 e. The summed E-state index contributed by atoms with van der Waals surface area (Å²) in [6.45, 7) is 0.594. The van der Waals surface area contributed by atoms with Crippen LogP contribution in [-0.2, 0) is 17.9 Å². The molecule has 0 aliphatic rings. The van der Waals surface area contributed by atoms with Crippen LogP contribution in [0.15, 0.2) is 63.9 Å². The molecule has 6 nitrogen and oxygen atoms in total. The van der Waals surface area contributed by atoms with Crippen LogP contribution < -0.4 is 10.9 Å². The fourth-order valence-electron chi connectivity index (χ4n) is 2.45. The number of pyridine rings is 1. The third-order valence-electron chi connectivity index (χ3n) is 3.71. The number of anilines is 1. The minimum Gasteiger partial charge on any atom is -0.453 e. The van der Waals surface area contributed by atoms with E-state index in [1.54, 1.807) is 37.6 Å². The summed E-state index contributed by atoms with van der Waals surface area (Å²) in [5.41, 5.74) is 1.10. The highest BCUT2D eigenvalue weighted by atomic mass is 35.5. The summed E-state index contributed by atoms with van der Waals surface area (Å²) in [7, 11) is 1.55. The second-order valence-corrected chi connectivity index (χ2v) is 6.04. The maximum absolute atomic E-state index is 12.3. The van der Waals surface area contributed by atoms with Gasteiger partial charge in [-0.3, -0.25) is 9.59 Å². The normalized spacial score (nSPS) is 10.7. The molecule has 0 atom stereocenters. The van der Waals surface area contributed by atoms with Crippen LogP contribution in [0.4, 0.5) is 5.69 Å². The third-order valence-corrected chi connectivity index (χ3v) is 4.08. The minimum absolute atomic E-state index is 0.168. The number of hydrogen-bond acceptors (Lipinski definition) is 4. The molecule has 3 aromatic rings. The van der Waals surface area contributed by atoms with E-state index in [9.17, 15) is 9.59 Å². The van der Waals surface area contributed by atoms with Gasteiger partial charge >= 0.3 is 0 Å². The first-order chi connectivity index (χ1) is 12.6. The maximum atomic E-state index is 12.3. The van der Waals surface area contributed by atoms with Gasteiger partial charge < -0.3 is 19.0 Å². The number of nitrogens with zero attached hydrogens (tertiary/aromatic N) is 1. The molecule has 0 bridgehead atoms. The first-order valence-electron chi connectivity index (χ1n) is 7.89. The van der Waals surface area contributed by atoms with Crippen molar-refractivity contribution in [2.24, 2.45) is 0 Å². The summed E-state index contributed by atoms with van der Waals surface area (Å²) in [5, 5.41) is 3.29. The third kappa shape index (κ3) is 4.22. The molecule has 3 rings (SSSR count). The molecule has 0 unspecified atom stereocenters. The molecule has 0 aliphatic heterocycles. The lowest BCUT2D eigenvalue weighted by Crippen LogP contribution is -2.21. The van der Waals surface area contributed by atoms with Crippen molar-refractivity contribution < 1.29 is 13.9 Å². The number of furan rings is 1. The van der Waals surface area contributed by atoms with Gasteiger partial charge in [-0.25, -0.2) is 0 Å². The van der Waals surface area contributed by atoms with E-state index in [4.69, 9.17) is 20.8 Å². The van der Waals surface area contributed by atoms with Gasteiger partial charge in [0.15, 0.2) is 5.76 Å². The second-order valence-electron chi connectivity index (χ2n) is 5.63. The quantitative estimate of drug-likeness (QED) is 0.718. The topological polar surface area (TPSA) is 73.5 Å². The molecule has 0 radical (unpaired) electrons. The Labute approximate surface area is 155 Å². The van der Waals surface area contributed by atoms with Crippen molar-refractivity contribution in [1.82, 2.24) is 4.57 Å². The van der Waals surface area contributed by atoms with E-state index < -0.39 is 5.91 Å². The van der Waals surface area contributed by atoms with Crippen LogP contribution in [-0.4, -0.2) is 17.6 Å².